The molecule has 2 heterocycles. The van der Waals surface area contributed by atoms with Crippen molar-refractivity contribution in [3.8, 4) is 11.3 Å². The Morgan fingerprint density at radius 1 is 1.24 bits per heavy atom. The summed E-state index contributed by atoms with van der Waals surface area (Å²) in [7, 11) is 0. The lowest BCUT2D eigenvalue weighted by Gasteiger charge is -1.98. The molecular weight excluding hydrogens is 292 g/mol. The molecule has 1 N–H and O–H groups in total. The third-order valence-corrected chi connectivity index (χ3v) is 3.11. The van der Waals surface area contributed by atoms with Crippen LogP contribution in [0.25, 0.3) is 11.3 Å². The van der Waals surface area contributed by atoms with Crippen LogP contribution in [0.3, 0.4) is 0 Å². The predicted molar refractivity (Wildman–Crippen MR) is 76.8 cm³/mol. The lowest BCUT2D eigenvalue weighted by Crippen LogP contribution is -2.22. The summed E-state index contributed by atoms with van der Waals surface area (Å²) in [4.78, 5) is 11.7. The number of carbonyl (C=O) groups excluding carboxylic acids is 1. The van der Waals surface area contributed by atoms with Crippen LogP contribution >= 0.6 is 11.6 Å². The van der Waals surface area contributed by atoms with Gasteiger partial charge in [-0.2, -0.15) is 0 Å². The molecule has 0 spiro atoms. The quantitative estimate of drug-likeness (QED) is 0.800. The van der Waals surface area contributed by atoms with E-state index in [1.807, 2.05) is 12.1 Å². The highest BCUT2D eigenvalue weighted by atomic mass is 35.5. The van der Waals surface area contributed by atoms with Gasteiger partial charge in [-0.1, -0.05) is 16.8 Å². The van der Waals surface area contributed by atoms with E-state index in [-0.39, 0.29) is 18.2 Å². The van der Waals surface area contributed by atoms with Crippen molar-refractivity contribution in [2.24, 2.45) is 0 Å². The van der Waals surface area contributed by atoms with E-state index in [1.165, 1.54) is 6.26 Å². The summed E-state index contributed by atoms with van der Waals surface area (Å²) in [5.74, 6) is 0.585. The number of benzene rings is 1. The van der Waals surface area contributed by atoms with Crippen LogP contribution in [0.1, 0.15) is 16.2 Å². The molecule has 3 rings (SSSR count). The minimum absolute atomic E-state index is 0.261. The zero-order chi connectivity index (χ0) is 14.7. The number of furan rings is 1. The summed E-state index contributed by atoms with van der Waals surface area (Å²) in [6.07, 6.45) is 1.45. The second-order valence-corrected chi connectivity index (χ2v) is 4.79. The van der Waals surface area contributed by atoms with Crippen molar-refractivity contribution in [3.63, 3.8) is 0 Å². The van der Waals surface area contributed by atoms with Crippen molar-refractivity contribution in [3.05, 3.63) is 65.2 Å². The number of nitrogens with one attached hydrogen (secondary N) is 1. The standard InChI is InChI=1S/C15H11ClN2O3/c16-11-5-3-10(4-6-11)14-8-12(18-21-14)9-17-15(19)13-2-1-7-20-13/h1-8H,9H2,(H,17,19). The Labute approximate surface area is 125 Å². The van der Waals surface area contributed by atoms with Crippen molar-refractivity contribution in [1.82, 2.24) is 10.5 Å². The van der Waals surface area contributed by atoms with Crippen LogP contribution in [0, 0.1) is 0 Å². The second-order valence-electron chi connectivity index (χ2n) is 4.35. The molecular formula is C15H11ClN2O3. The molecule has 0 radical (unpaired) electrons. The van der Waals surface area contributed by atoms with Crippen LogP contribution in [-0.4, -0.2) is 11.1 Å². The van der Waals surface area contributed by atoms with Crippen LogP contribution < -0.4 is 5.32 Å². The molecule has 3 aromatic rings. The maximum absolute atomic E-state index is 11.7. The fourth-order valence-corrected chi connectivity index (χ4v) is 1.94. The van der Waals surface area contributed by atoms with Gasteiger partial charge in [0.1, 0.15) is 5.69 Å². The number of hydrogen-bond donors (Lipinski definition) is 1. The molecule has 1 amide bonds. The molecule has 0 atom stereocenters. The van der Waals surface area contributed by atoms with E-state index in [2.05, 4.69) is 10.5 Å². The van der Waals surface area contributed by atoms with Gasteiger partial charge in [0, 0.05) is 16.7 Å². The molecule has 0 saturated carbocycles. The van der Waals surface area contributed by atoms with Crippen molar-refractivity contribution in [2.45, 2.75) is 6.54 Å². The second kappa shape index (κ2) is 5.85. The van der Waals surface area contributed by atoms with E-state index in [4.69, 9.17) is 20.5 Å². The molecule has 0 aliphatic heterocycles. The lowest BCUT2D eigenvalue weighted by atomic mass is 10.1. The third-order valence-electron chi connectivity index (χ3n) is 2.86. The van der Waals surface area contributed by atoms with E-state index >= 15 is 0 Å². The Kier molecular flexibility index (Phi) is 3.75. The lowest BCUT2D eigenvalue weighted by molar-refractivity contribution is 0.0922. The maximum atomic E-state index is 11.7. The predicted octanol–water partition coefficient (Wildman–Crippen LogP) is 3.52. The van der Waals surface area contributed by atoms with E-state index < -0.39 is 0 Å². The van der Waals surface area contributed by atoms with Crippen LogP contribution in [0.15, 0.2) is 57.7 Å². The molecule has 0 aliphatic rings. The molecule has 0 aliphatic carbocycles. The first-order valence-electron chi connectivity index (χ1n) is 6.25. The molecule has 106 valence electrons. The fraction of sp³-hybridized carbons (Fsp3) is 0.0667. The highest BCUT2D eigenvalue weighted by Crippen LogP contribution is 2.22. The Balaban J connectivity index is 1.65. The van der Waals surface area contributed by atoms with Gasteiger partial charge in [-0.15, -0.1) is 0 Å². The minimum Gasteiger partial charge on any atom is -0.459 e. The Morgan fingerprint density at radius 2 is 2.05 bits per heavy atom. The number of amides is 1. The summed E-state index contributed by atoms with van der Waals surface area (Å²) in [5, 5.41) is 7.27. The Bertz CT molecular complexity index is 733. The molecule has 0 bridgehead atoms. The van der Waals surface area contributed by atoms with Crippen molar-refractivity contribution in [2.75, 3.05) is 0 Å². The van der Waals surface area contributed by atoms with Gasteiger partial charge in [0.2, 0.25) is 0 Å². The molecule has 1 aromatic carbocycles. The van der Waals surface area contributed by atoms with Crippen LogP contribution in [0.4, 0.5) is 0 Å². The zero-order valence-electron chi connectivity index (χ0n) is 10.9. The fourth-order valence-electron chi connectivity index (χ4n) is 1.81. The third kappa shape index (κ3) is 3.14. The van der Waals surface area contributed by atoms with Crippen LogP contribution in [0.5, 0.6) is 0 Å². The largest absolute Gasteiger partial charge is 0.459 e. The van der Waals surface area contributed by atoms with Crippen molar-refractivity contribution in [1.29, 1.82) is 0 Å². The molecule has 0 unspecified atom stereocenters. The van der Waals surface area contributed by atoms with Gasteiger partial charge in [0.25, 0.3) is 5.91 Å². The molecule has 5 nitrogen and oxygen atoms in total. The van der Waals surface area contributed by atoms with Crippen LogP contribution in [0.2, 0.25) is 5.02 Å². The number of hydrogen-bond acceptors (Lipinski definition) is 4. The van der Waals surface area contributed by atoms with Gasteiger partial charge >= 0.3 is 0 Å². The first-order valence-corrected chi connectivity index (χ1v) is 6.63. The van der Waals surface area contributed by atoms with E-state index in [0.29, 0.717) is 16.5 Å². The van der Waals surface area contributed by atoms with Gasteiger partial charge in [-0.25, -0.2) is 0 Å². The van der Waals surface area contributed by atoms with Gasteiger partial charge in [0.05, 0.1) is 12.8 Å². The van der Waals surface area contributed by atoms with Crippen molar-refractivity contribution < 1.29 is 13.7 Å². The van der Waals surface area contributed by atoms with Gasteiger partial charge in [0.15, 0.2) is 11.5 Å². The van der Waals surface area contributed by atoms with Crippen molar-refractivity contribution >= 4 is 17.5 Å². The average Bonchev–Trinajstić information content (AvgIpc) is 3.17. The highest BCUT2D eigenvalue weighted by molar-refractivity contribution is 6.30. The SMILES string of the molecule is O=C(NCc1cc(-c2ccc(Cl)cc2)on1)c1ccco1. The number of nitrogens with zero attached hydrogens (tertiary/aromatic N) is 1. The van der Waals surface area contributed by atoms with E-state index in [9.17, 15) is 4.79 Å². The first-order chi connectivity index (χ1) is 10.2. The number of carbonyl (C=O) groups is 1. The molecule has 6 heteroatoms. The summed E-state index contributed by atoms with van der Waals surface area (Å²) in [6.45, 7) is 0.261. The Hall–Kier alpha value is -2.53. The summed E-state index contributed by atoms with van der Waals surface area (Å²) in [5.41, 5.74) is 1.50. The zero-order valence-corrected chi connectivity index (χ0v) is 11.6. The molecule has 0 saturated heterocycles. The molecule has 21 heavy (non-hydrogen) atoms. The normalized spacial score (nSPS) is 10.5. The number of rotatable bonds is 4. The number of halogens is 1. The number of aromatic nitrogens is 1. The molecule has 2 aromatic heterocycles. The monoisotopic (exact) mass is 302 g/mol. The summed E-state index contributed by atoms with van der Waals surface area (Å²) in [6, 6.07) is 12.3. The smallest absolute Gasteiger partial charge is 0.287 e. The average molecular weight is 303 g/mol. The first kappa shape index (κ1) is 13.5. The maximum Gasteiger partial charge on any atom is 0.287 e. The van der Waals surface area contributed by atoms with Gasteiger partial charge < -0.3 is 14.3 Å². The molecule has 0 fully saturated rings. The topological polar surface area (TPSA) is 68.3 Å². The summed E-state index contributed by atoms with van der Waals surface area (Å²) >= 11 is 5.84. The Morgan fingerprint density at radius 3 is 2.76 bits per heavy atom. The van der Waals surface area contributed by atoms with E-state index in [0.717, 1.165) is 5.56 Å². The summed E-state index contributed by atoms with van der Waals surface area (Å²) < 4.78 is 10.2. The van der Waals surface area contributed by atoms with Gasteiger partial charge in [-0.05, 0) is 36.4 Å². The van der Waals surface area contributed by atoms with E-state index in [1.54, 1.807) is 30.3 Å². The highest BCUT2D eigenvalue weighted by Gasteiger charge is 2.10. The minimum atomic E-state index is -0.295. The van der Waals surface area contributed by atoms with Crippen LogP contribution in [-0.2, 0) is 6.54 Å². The van der Waals surface area contributed by atoms with Gasteiger partial charge in [-0.3, -0.25) is 4.79 Å².